The molecule has 0 spiro atoms. The third-order valence-corrected chi connectivity index (χ3v) is 4.02. The normalized spacial score (nSPS) is 10.2. The molecule has 0 aliphatic heterocycles. The van der Waals surface area contributed by atoms with Crippen LogP contribution in [0.3, 0.4) is 0 Å². The van der Waals surface area contributed by atoms with Crippen molar-refractivity contribution in [1.29, 1.82) is 0 Å². The molecular weight excluding hydrogens is 514 g/mol. The Hall–Kier alpha value is 1.77. The van der Waals surface area contributed by atoms with Gasteiger partial charge in [-0.25, -0.2) is 0 Å². The monoisotopic (exact) mass is 530 g/mol. The van der Waals surface area contributed by atoms with Crippen LogP contribution in [0.1, 0.15) is 38.5 Å². The molecule has 0 amide bonds. The van der Waals surface area contributed by atoms with E-state index in [0.717, 1.165) is 0 Å². The molecule has 0 N–H and O–H groups in total. The number of unbranched alkanes of at least 4 members (excludes halogenated alkanes) is 5. The van der Waals surface area contributed by atoms with Gasteiger partial charge in [-0.3, -0.25) is 0 Å². The van der Waals surface area contributed by atoms with Crippen molar-refractivity contribution in [3.05, 3.63) is 0 Å². The van der Waals surface area contributed by atoms with E-state index in [0.29, 0.717) is 0 Å². The Labute approximate surface area is 95.2 Å². The van der Waals surface area contributed by atoms with Crippen LogP contribution < -0.4 is 0 Å². The molecule has 0 nitrogen and oxygen atoms in total. The molecular formula is C8H16Bi2. The molecule has 0 aliphatic carbocycles. The van der Waals surface area contributed by atoms with E-state index in [1.807, 2.05) is 0 Å². The SMILES string of the molecule is [Bi][CH2]CCCCCC[CH2][Bi]. The van der Waals surface area contributed by atoms with Gasteiger partial charge in [-0.05, 0) is 0 Å². The predicted octanol–water partition coefficient (Wildman–Crippen LogP) is 2.50. The van der Waals surface area contributed by atoms with Crippen molar-refractivity contribution < 1.29 is 0 Å². The van der Waals surface area contributed by atoms with E-state index in [2.05, 4.69) is 0 Å². The topological polar surface area (TPSA) is 0 Å². The molecule has 0 unspecified atom stereocenters. The minimum absolute atomic E-state index is 1.49. The first-order valence-corrected chi connectivity index (χ1v) is 9.05. The summed E-state index contributed by atoms with van der Waals surface area (Å²) in [7, 11) is 0. The summed E-state index contributed by atoms with van der Waals surface area (Å²) in [6.07, 6.45) is 8.97. The third kappa shape index (κ3) is 9.77. The Balaban J connectivity index is 2.65. The molecule has 58 valence electrons. The summed E-state index contributed by atoms with van der Waals surface area (Å²) in [4.78, 5) is 0. The molecule has 0 saturated carbocycles. The molecule has 0 atom stereocenters. The molecule has 4 radical (unpaired) electrons. The van der Waals surface area contributed by atoms with Gasteiger partial charge in [0.2, 0.25) is 0 Å². The number of hydrogen-bond acceptors (Lipinski definition) is 0. The maximum atomic E-state index is 1.59. The van der Waals surface area contributed by atoms with E-state index in [1.54, 1.807) is 49.4 Å². The summed E-state index contributed by atoms with van der Waals surface area (Å²) in [5, 5.41) is 0. The second kappa shape index (κ2) is 10.8. The molecule has 0 rings (SSSR count). The van der Waals surface area contributed by atoms with Crippen LogP contribution >= 0.6 is 0 Å². The zero-order valence-electron chi connectivity index (χ0n) is 6.55. The standard InChI is InChI=1S/C8H16.2Bi/c1-3-5-7-8-6-4-2;;/h1-8H2;;. The average Bonchev–Trinajstić information content (AvgIpc) is 1.97. The maximum absolute atomic E-state index is 1.59. The Bertz CT molecular complexity index is 47.2. The number of rotatable bonds is 7. The van der Waals surface area contributed by atoms with Gasteiger partial charge in [0.15, 0.2) is 0 Å². The second-order valence-electron chi connectivity index (χ2n) is 2.57. The van der Waals surface area contributed by atoms with Gasteiger partial charge in [0.1, 0.15) is 0 Å². The summed E-state index contributed by atoms with van der Waals surface area (Å²) >= 11 is 3.17. The van der Waals surface area contributed by atoms with Gasteiger partial charge in [-0.1, -0.05) is 0 Å². The predicted molar refractivity (Wildman–Crippen MR) is 48.8 cm³/mol. The molecule has 0 heterocycles. The Morgan fingerprint density at radius 3 is 1.10 bits per heavy atom. The molecule has 0 bridgehead atoms. The Morgan fingerprint density at radius 2 is 0.800 bits per heavy atom. The van der Waals surface area contributed by atoms with Crippen molar-refractivity contribution in [3.8, 4) is 0 Å². The van der Waals surface area contributed by atoms with Crippen LogP contribution in [0.5, 0.6) is 0 Å². The molecule has 10 heavy (non-hydrogen) atoms. The van der Waals surface area contributed by atoms with Crippen molar-refractivity contribution in [2.24, 2.45) is 0 Å². The average molecular weight is 530 g/mol. The molecule has 0 fully saturated rings. The van der Waals surface area contributed by atoms with E-state index in [4.69, 9.17) is 0 Å². The molecule has 0 aromatic heterocycles. The van der Waals surface area contributed by atoms with E-state index >= 15 is 0 Å². The van der Waals surface area contributed by atoms with Crippen molar-refractivity contribution in [2.75, 3.05) is 0 Å². The zero-order valence-corrected chi connectivity index (χ0v) is 13.5. The molecule has 0 aromatic carbocycles. The minimum atomic E-state index is 1.49. The van der Waals surface area contributed by atoms with Crippen LogP contribution in [0.4, 0.5) is 0 Å². The zero-order chi connectivity index (χ0) is 7.66. The van der Waals surface area contributed by atoms with E-state index in [1.165, 1.54) is 46.8 Å². The van der Waals surface area contributed by atoms with Crippen LogP contribution in [0.2, 0.25) is 8.26 Å². The third-order valence-electron chi connectivity index (χ3n) is 1.57. The Morgan fingerprint density at radius 1 is 0.500 bits per heavy atom. The van der Waals surface area contributed by atoms with Crippen LogP contribution in [0.25, 0.3) is 0 Å². The molecule has 0 saturated heterocycles. The molecule has 0 aromatic rings. The molecule has 2 heteroatoms. The number of hydrogen-bond donors (Lipinski definition) is 0. The summed E-state index contributed by atoms with van der Waals surface area (Å²) in [6, 6.07) is 0. The fourth-order valence-electron chi connectivity index (χ4n) is 0.931. The summed E-state index contributed by atoms with van der Waals surface area (Å²) in [5.74, 6) is 0. The van der Waals surface area contributed by atoms with Crippen LogP contribution in [0.15, 0.2) is 0 Å². The van der Waals surface area contributed by atoms with Crippen LogP contribution in [-0.4, -0.2) is 49.4 Å². The van der Waals surface area contributed by atoms with Crippen LogP contribution in [-0.2, 0) is 0 Å². The van der Waals surface area contributed by atoms with Gasteiger partial charge >= 0.3 is 96.2 Å². The summed E-state index contributed by atoms with van der Waals surface area (Å²) in [5.41, 5.74) is 0. The van der Waals surface area contributed by atoms with Gasteiger partial charge < -0.3 is 0 Å². The first-order chi connectivity index (χ1) is 4.91. The van der Waals surface area contributed by atoms with Crippen LogP contribution in [0, 0.1) is 0 Å². The van der Waals surface area contributed by atoms with Gasteiger partial charge in [0.25, 0.3) is 0 Å². The van der Waals surface area contributed by atoms with E-state index < -0.39 is 0 Å². The molecule has 0 aliphatic rings. The first kappa shape index (κ1) is 11.8. The van der Waals surface area contributed by atoms with Gasteiger partial charge in [0.05, 0.1) is 0 Å². The summed E-state index contributed by atoms with van der Waals surface area (Å²) in [6.45, 7) is 0. The van der Waals surface area contributed by atoms with Crippen molar-refractivity contribution in [2.45, 2.75) is 46.8 Å². The van der Waals surface area contributed by atoms with Gasteiger partial charge in [-0.15, -0.1) is 0 Å². The summed E-state index contributed by atoms with van der Waals surface area (Å²) < 4.78 is 2.97. The quantitative estimate of drug-likeness (QED) is 0.351. The Kier molecular flexibility index (Phi) is 12.7. The fraction of sp³-hybridized carbons (Fsp3) is 1.00. The van der Waals surface area contributed by atoms with Crippen molar-refractivity contribution in [3.63, 3.8) is 0 Å². The second-order valence-corrected chi connectivity index (χ2v) is 6.05. The van der Waals surface area contributed by atoms with E-state index in [-0.39, 0.29) is 0 Å². The van der Waals surface area contributed by atoms with Gasteiger partial charge in [0, 0.05) is 0 Å². The first-order valence-electron chi connectivity index (χ1n) is 4.13. The van der Waals surface area contributed by atoms with Crippen molar-refractivity contribution in [1.82, 2.24) is 0 Å². The van der Waals surface area contributed by atoms with Gasteiger partial charge in [-0.2, -0.15) is 0 Å². The van der Waals surface area contributed by atoms with E-state index in [9.17, 15) is 0 Å². The fourth-order valence-corrected chi connectivity index (χ4v) is 2.67. The van der Waals surface area contributed by atoms with Crippen molar-refractivity contribution >= 4 is 49.4 Å².